The zero-order valence-corrected chi connectivity index (χ0v) is 18.5. The van der Waals surface area contributed by atoms with Gasteiger partial charge in [-0.1, -0.05) is 18.2 Å². The van der Waals surface area contributed by atoms with E-state index in [9.17, 15) is 0 Å². The zero-order chi connectivity index (χ0) is 18.6. The summed E-state index contributed by atoms with van der Waals surface area (Å²) >= 11 is 1.72. The Morgan fingerprint density at radius 3 is 2.68 bits per heavy atom. The van der Waals surface area contributed by atoms with Crippen LogP contribution in [0.2, 0.25) is 0 Å². The Bertz CT molecular complexity index is 761. The third-order valence-electron chi connectivity index (χ3n) is 5.51. The van der Waals surface area contributed by atoms with Gasteiger partial charge < -0.3 is 10.1 Å². The van der Waals surface area contributed by atoms with Crippen LogP contribution in [0, 0.1) is 0 Å². The quantitative estimate of drug-likeness (QED) is 0.731. The van der Waals surface area contributed by atoms with Crippen molar-refractivity contribution in [1.82, 2.24) is 14.8 Å². The smallest absolute Gasteiger partial charge is 0.122 e. The molecule has 1 fully saturated rings. The number of hydrogen-bond acceptors (Lipinski definition) is 6. The lowest BCUT2D eigenvalue weighted by molar-refractivity contribution is 0.0758. The summed E-state index contributed by atoms with van der Waals surface area (Å²) in [5.41, 5.74) is 5.50. The van der Waals surface area contributed by atoms with Crippen LogP contribution in [0.5, 0.6) is 0 Å². The lowest BCUT2D eigenvalue weighted by Crippen LogP contribution is -2.45. The van der Waals surface area contributed by atoms with Gasteiger partial charge in [-0.25, -0.2) is 4.98 Å². The number of nitrogens with one attached hydrogen (secondary N) is 1. The van der Waals surface area contributed by atoms with Crippen molar-refractivity contribution in [3.8, 4) is 0 Å². The summed E-state index contributed by atoms with van der Waals surface area (Å²) in [5, 5.41) is 6.85. The van der Waals surface area contributed by atoms with Gasteiger partial charge in [-0.3, -0.25) is 9.80 Å². The highest BCUT2D eigenvalue weighted by atomic mass is 35.5. The second kappa shape index (κ2) is 10.0. The molecule has 0 bridgehead atoms. The molecule has 0 amide bonds. The van der Waals surface area contributed by atoms with E-state index in [4.69, 9.17) is 9.72 Å². The van der Waals surface area contributed by atoms with Gasteiger partial charge >= 0.3 is 0 Å². The van der Waals surface area contributed by atoms with Crippen molar-refractivity contribution in [3.05, 3.63) is 45.4 Å². The van der Waals surface area contributed by atoms with Crippen LogP contribution in [0.15, 0.2) is 23.6 Å². The molecule has 0 spiro atoms. The van der Waals surface area contributed by atoms with Gasteiger partial charge in [-0.15, -0.1) is 23.7 Å². The van der Waals surface area contributed by atoms with E-state index >= 15 is 0 Å². The number of rotatable bonds is 7. The lowest BCUT2D eigenvalue weighted by Gasteiger charge is -2.34. The number of halogens is 1. The van der Waals surface area contributed by atoms with Crippen molar-refractivity contribution in [2.24, 2.45) is 0 Å². The first-order chi connectivity index (χ1) is 13.2. The largest absolute Gasteiger partial charge is 0.384 e. The molecule has 5 nitrogen and oxygen atoms in total. The van der Waals surface area contributed by atoms with Gasteiger partial charge in [-0.2, -0.15) is 0 Å². The number of piperazine rings is 1. The third kappa shape index (κ3) is 5.05. The van der Waals surface area contributed by atoms with Crippen LogP contribution in [-0.2, 0) is 24.2 Å². The first-order valence-corrected chi connectivity index (χ1v) is 11.0. The number of para-hydroxylation sites is 1. The molecule has 7 heteroatoms. The molecule has 28 heavy (non-hydrogen) atoms. The van der Waals surface area contributed by atoms with Gasteiger partial charge in [0.15, 0.2) is 0 Å². The number of fused-ring (bicyclic) bond motifs is 1. The molecule has 1 unspecified atom stereocenters. The highest BCUT2D eigenvalue weighted by Gasteiger charge is 2.21. The highest BCUT2D eigenvalue weighted by molar-refractivity contribution is 7.09. The Morgan fingerprint density at radius 1 is 1.18 bits per heavy atom. The minimum absolute atomic E-state index is 0. The van der Waals surface area contributed by atoms with Gasteiger partial charge in [-0.05, 0) is 31.4 Å². The SMILES string of the molecule is CCOC(C)c1nc(CN2CCN(Cc3cccc4c3NCC4)CC2)cs1.Cl. The highest BCUT2D eigenvalue weighted by Crippen LogP contribution is 2.28. The number of thiazole rings is 1. The molecular formula is C21H31ClN4OS. The molecule has 1 N–H and O–H groups in total. The summed E-state index contributed by atoms with van der Waals surface area (Å²) in [6.45, 7) is 12.4. The van der Waals surface area contributed by atoms with E-state index in [1.165, 1.54) is 22.5 Å². The van der Waals surface area contributed by atoms with Crippen molar-refractivity contribution in [3.63, 3.8) is 0 Å². The Labute approximate surface area is 178 Å². The minimum atomic E-state index is 0. The topological polar surface area (TPSA) is 40.6 Å². The molecule has 0 aliphatic carbocycles. The standard InChI is InChI=1S/C21H30N4OS.ClH/c1-3-26-16(2)21-23-19(15-27-21)14-25-11-9-24(10-12-25)13-18-6-4-5-17-7-8-22-20(17)18;/h4-6,15-16,22H,3,7-14H2,1-2H3;1H. The molecule has 1 aromatic heterocycles. The van der Waals surface area contributed by atoms with Crippen molar-refractivity contribution in [2.45, 2.75) is 39.5 Å². The van der Waals surface area contributed by atoms with E-state index in [2.05, 4.69) is 45.6 Å². The molecule has 2 aliphatic heterocycles. The van der Waals surface area contributed by atoms with E-state index in [0.29, 0.717) is 0 Å². The number of nitrogens with zero attached hydrogens (tertiary/aromatic N) is 3. The zero-order valence-electron chi connectivity index (χ0n) is 16.8. The van der Waals surface area contributed by atoms with Crippen molar-refractivity contribution in [1.29, 1.82) is 0 Å². The summed E-state index contributed by atoms with van der Waals surface area (Å²) in [6, 6.07) is 6.74. The van der Waals surface area contributed by atoms with E-state index in [0.717, 1.165) is 63.8 Å². The monoisotopic (exact) mass is 422 g/mol. The van der Waals surface area contributed by atoms with Crippen LogP contribution < -0.4 is 5.32 Å². The average molecular weight is 423 g/mol. The predicted molar refractivity (Wildman–Crippen MR) is 119 cm³/mol. The number of ether oxygens (including phenoxy) is 1. The molecule has 1 atom stereocenters. The van der Waals surface area contributed by atoms with E-state index < -0.39 is 0 Å². The fourth-order valence-electron chi connectivity index (χ4n) is 4.02. The normalized spacial score (nSPS) is 18.4. The molecule has 0 saturated carbocycles. The minimum Gasteiger partial charge on any atom is -0.384 e. The lowest BCUT2D eigenvalue weighted by atomic mass is 10.1. The number of aromatic nitrogens is 1. The van der Waals surface area contributed by atoms with Crippen LogP contribution >= 0.6 is 23.7 Å². The molecule has 2 aliphatic rings. The second-order valence-corrected chi connectivity index (χ2v) is 8.34. The van der Waals surface area contributed by atoms with E-state index in [1.54, 1.807) is 11.3 Å². The summed E-state index contributed by atoms with van der Waals surface area (Å²) in [5.74, 6) is 0. The summed E-state index contributed by atoms with van der Waals surface area (Å²) in [7, 11) is 0. The van der Waals surface area contributed by atoms with Gasteiger partial charge in [0.05, 0.1) is 5.69 Å². The summed E-state index contributed by atoms with van der Waals surface area (Å²) in [6.07, 6.45) is 1.26. The predicted octanol–water partition coefficient (Wildman–Crippen LogP) is 3.95. The molecule has 0 radical (unpaired) electrons. The van der Waals surface area contributed by atoms with Crippen LogP contribution in [-0.4, -0.2) is 54.1 Å². The fraction of sp³-hybridized carbons (Fsp3) is 0.571. The first-order valence-electron chi connectivity index (χ1n) is 10.1. The Hall–Kier alpha value is -1.18. The Balaban J connectivity index is 0.00000225. The molecule has 2 aromatic rings. The first kappa shape index (κ1) is 21.5. The van der Waals surface area contributed by atoms with Crippen molar-refractivity contribution >= 4 is 29.4 Å². The average Bonchev–Trinajstić information content (AvgIpc) is 3.33. The third-order valence-corrected chi connectivity index (χ3v) is 6.57. The molecule has 4 rings (SSSR count). The Morgan fingerprint density at radius 2 is 1.93 bits per heavy atom. The number of benzene rings is 1. The van der Waals surface area contributed by atoms with Crippen LogP contribution in [0.3, 0.4) is 0 Å². The molecule has 154 valence electrons. The second-order valence-electron chi connectivity index (χ2n) is 7.45. The Kier molecular flexibility index (Phi) is 7.71. The maximum Gasteiger partial charge on any atom is 0.122 e. The molecule has 1 saturated heterocycles. The summed E-state index contributed by atoms with van der Waals surface area (Å²) < 4.78 is 5.66. The number of hydrogen-bond donors (Lipinski definition) is 1. The van der Waals surface area contributed by atoms with Crippen LogP contribution in [0.4, 0.5) is 5.69 Å². The van der Waals surface area contributed by atoms with Crippen molar-refractivity contribution in [2.75, 3.05) is 44.6 Å². The fourth-order valence-corrected chi connectivity index (χ4v) is 4.84. The number of anilines is 1. The van der Waals surface area contributed by atoms with E-state index in [1.807, 2.05) is 6.92 Å². The summed E-state index contributed by atoms with van der Waals surface area (Å²) in [4.78, 5) is 9.88. The maximum absolute atomic E-state index is 5.66. The molecular weight excluding hydrogens is 392 g/mol. The molecule has 3 heterocycles. The van der Waals surface area contributed by atoms with Crippen LogP contribution in [0.25, 0.3) is 0 Å². The molecule has 1 aromatic carbocycles. The maximum atomic E-state index is 5.66. The van der Waals surface area contributed by atoms with Crippen LogP contribution in [0.1, 0.15) is 41.8 Å². The van der Waals surface area contributed by atoms with Crippen molar-refractivity contribution < 1.29 is 4.74 Å². The van der Waals surface area contributed by atoms with Gasteiger partial charge in [0, 0.05) is 63.5 Å². The van der Waals surface area contributed by atoms with E-state index in [-0.39, 0.29) is 18.5 Å². The van der Waals surface area contributed by atoms with Gasteiger partial charge in [0.2, 0.25) is 0 Å². The van der Waals surface area contributed by atoms with Gasteiger partial charge in [0.1, 0.15) is 11.1 Å². The van der Waals surface area contributed by atoms with Gasteiger partial charge in [0.25, 0.3) is 0 Å².